The highest BCUT2D eigenvalue weighted by atomic mass is 32.1. The Morgan fingerprint density at radius 2 is 1.75 bits per heavy atom. The van der Waals surface area contributed by atoms with Gasteiger partial charge in [0.1, 0.15) is 0 Å². The van der Waals surface area contributed by atoms with E-state index in [9.17, 15) is 0 Å². The molecule has 0 saturated carbocycles. The highest BCUT2D eigenvalue weighted by molar-refractivity contribution is 7.80. The van der Waals surface area contributed by atoms with Crippen LogP contribution in [0.3, 0.4) is 0 Å². The van der Waals surface area contributed by atoms with Crippen LogP contribution in [0.4, 0.5) is 17.3 Å². The van der Waals surface area contributed by atoms with Gasteiger partial charge in [0.15, 0.2) is 5.11 Å². The average Bonchev–Trinajstić information content (AvgIpc) is 2.69. The molecular formula is C22H19N5S. The summed E-state index contributed by atoms with van der Waals surface area (Å²) in [6.07, 6.45) is 1.74. The Morgan fingerprint density at radius 1 is 0.964 bits per heavy atom. The van der Waals surface area contributed by atoms with Crippen LogP contribution in [-0.4, -0.2) is 15.1 Å². The van der Waals surface area contributed by atoms with Crippen molar-refractivity contribution in [2.75, 3.05) is 10.6 Å². The summed E-state index contributed by atoms with van der Waals surface area (Å²) in [4.78, 5) is 10.2. The van der Waals surface area contributed by atoms with Crippen molar-refractivity contribution in [3.8, 4) is 11.1 Å². The lowest BCUT2D eigenvalue weighted by atomic mass is 9.98. The molecule has 5 nitrogen and oxygen atoms in total. The average molecular weight is 385 g/mol. The number of rotatable bonds is 3. The molecular weight excluding hydrogens is 366 g/mol. The predicted molar refractivity (Wildman–Crippen MR) is 119 cm³/mol. The van der Waals surface area contributed by atoms with E-state index >= 15 is 0 Å². The number of aryl methyl sites for hydroxylation is 1. The minimum Gasteiger partial charge on any atom is -0.376 e. The predicted octanol–water partition coefficient (Wildman–Crippen LogP) is 4.57. The minimum absolute atomic E-state index is 0.272. The molecule has 4 rings (SSSR count). The molecule has 0 aliphatic carbocycles. The van der Waals surface area contributed by atoms with E-state index in [1.54, 1.807) is 6.20 Å². The number of nitrogens with two attached hydrogens (primary N) is 2. The van der Waals surface area contributed by atoms with E-state index in [4.69, 9.17) is 23.7 Å². The largest absolute Gasteiger partial charge is 0.376 e. The Kier molecular flexibility index (Phi) is 4.63. The molecule has 0 amide bonds. The lowest BCUT2D eigenvalue weighted by Crippen LogP contribution is -2.31. The smallest absolute Gasteiger partial charge is 0.220 e. The Morgan fingerprint density at radius 3 is 2.50 bits per heavy atom. The third kappa shape index (κ3) is 3.37. The molecule has 0 aliphatic rings. The summed E-state index contributed by atoms with van der Waals surface area (Å²) >= 11 is 5.32. The lowest BCUT2D eigenvalue weighted by molar-refractivity contribution is 1.24. The van der Waals surface area contributed by atoms with E-state index in [1.165, 1.54) is 0 Å². The molecule has 0 atom stereocenters. The van der Waals surface area contributed by atoms with Crippen LogP contribution in [0.15, 0.2) is 72.9 Å². The number of nitrogen functional groups attached to an aromatic ring is 1. The molecule has 0 aliphatic heterocycles. The zero-order valence-corrected chi connectivity index (χ0v) is 16.1. The van der Waals surface area contributed by atoms with E-state index in [-0.39, 0.29) is 5.95 Å². The maximum atomic E-state index is 6.05. The third-order valence-corrected chi connectivity index (χ3v) is 4.81. The van der Waals surface area contributed by atoms with Crippen LogP contribution in [0.2, 0.25) is 0 Å². The van der Waals surface area contributed by atoms with Gasteiger partial charge in [-0.15, -0.1) is 0 Å². The van der Waals surface area contributed by atoms with Crippen molar-refractivity contribution in [3.05, 3.63) is 78.5 Å². The molecule has 28 heavy (non-hydrogen) atoms. The molecule has 3 aromatic carbocycles. The van der Waals surface area contributed by atoms with Gasteiger partial charge in [-0.25, -0.2) is 9.97 Å². The summed E-state index contributed by atoms with van der Waals surface area (Å²) in [6, 6.07) is 22.1. The molecule has 6 heteroatoms. The fourth-order valence-corrected chi connectivity index (χ4v) is 3.47. The summed E-state index contributed by atoms with van der Waals surface area (Å²) in [7, 11) is 0. The number of hydrogen-bond donors (Lipinski definition) is 2. The molecule has 0 saturated heterocycles. The van der Waals surface area contributed by atoms with Crippen LogP contribution >= 0.6 is 12.2 Å². The van der Waals surface area contributed by atoms with Crippen LogP contribution in [0.1, 0.15) is 5.56 Å². The zero-order chi connectivity index (χ0) is 19.7. The summed E-state index contributed by atoms with van der Waals surface area (Å²) in [5, 5.41) is 1.23. The quantitative estimate of drug-likeness (QED) is 0.503. The Hall–Kier alpha value is -3.51. The van der Waals surface area contributed by atoms with Crippen molar-refractivity contribution in [2.45, 2.75) is 6.92 Å². The van der Waals surface area contributed by atoms with Crippen LogP contribution < -0.4 is 16.4 Å². The number of aromatic nitrogens is 2. The number of para-hydroxylation sites is 1. The van der Waals surface area contributed by atoms with E-state index in [0.29, 0.717) is 5.11 Å². The van der Waals surface area contributed by atoms with Gasteiger partial charge in [0.05, 0.1) is 5.52 Å². The zero-order valence-electron chi connectivity index (χ0n) is 15.3. The van der Waals surface area contributed by atoms with Crippen LogP contribution in [0, 0.1) is 6.92 Å². The first-order valence-corrected chi connectivity index (χ1v) is 9.21. The van der Waals surface area contributed by atoms with E-state index in [1.807, 2.05) is 53.4 Å². The summed E-state index contributed by atoms with van der Waals surface area (Å²) in [6.45, 7) is 2.08. The van der Waals surface area contributed by atoms with Crippen molar-refractivity contribution in [1.82, 2.24) is 9.97 Å². The Labute approximate surface area is 168 Å². The first kappa shape index (κ1) is 17.9. The molecule has 4 N–H and O–H groups in total. The summed E-state index contributed by atoms with van der Waals surface area (Å²) in [5.41, 5.74) is 17.7. The fourth-order valence-electron chi connectivity index (χ4n) is 3.26. The molecule has 0 radical (unpaired) electrons. The number of fused-ring (bicyclic) bond motifs is 1. The van der Waals surface area contributed by atoms with Gasteiger partial charge in [-0.2, -0.15) is 0 Å². The van der Waals surface area contributed by atoms with Gasteiger partial charge in [-0.1, -0.05) is 30.3 Å². The maximum Gasteiger partial charge on any atom is 0.220 e. The number of thiocarbonyl (C=S) groups is 1. The number of anilines is 3. The normalized spacial score (nSPS) is 10.8. The van der Waals surface area contributed by atoms with Gasteiger partial charge in [0.25, 0.3) is 0 Å². The first-order chi connectivity index (χ1) is 13.5. The van der Waals surface area contributed by atoms with Gasteiger partial charge in [0, 0.05) is 23.0 Å². The summed E-state index contributed by atoms with van der Waals surface area (Å²) in [5.74, 6) is 0.272. The maximum absolute atomic E-state index is 6.05. The van der Waals surface area contributed by atoms with Crippen molar-refractivity contribution >= 4 is 45.6 Å². The molecule has 138 valence electrons. The SMILES string of the molecule is Cc1ccc(N(C(N)=S)c2ccccc2)cc1-c1ccc2nc(N)ncc2c1. The van der Waals surface area contributed by atoms with Gasteiger partial charge in [-0.05, 0) is 72.2 Å². The van der Waals surface area contributed by atoms with E-state index in [0.717, 1.165) is 39.0 Å². The van der Waals surface area contributed by atoms with Crippen molar-refractivity contribution in [1.29, 1.82) is 0 Å². The second kappa shape index (κ2) is 7.25. The summed E-state index contributed by atoms with van der Waals surface area (Å²) < 4.78 is 0. The van der Waals surface area contributed by atoms with Crippen molar-refractivity contribution in [2.24, 2.45) is 5.73 Å². The van der Waals surface area contributed by atoms with Crippen molar-refractivity contribution < 1.29 is 0 Å². The van der Waals surface area contributed by atoms with Crippen LogP contribution in [0.25, 0.3) is 22.0 Å². The van der Waals surface area contributed by atoms with Gasteiger partial charge < -0.3 is 11.5 Å². The van der Waals surface area contributed by atoms with Crippen LogP contribution in [-0.2, 0) is 0 Å². The number of hydrogen-bond acceptors (Lipinski definition) is 4. The second-order valence-corrected chi connectivity index (χ2v) is 6.93. The highest BCUT2D eigenvalue weighted by Gasteiger charge is 2.14. The molecule has 0 unspecified atom stereocenters. The van der Waals surface area contributed by atoms with Crippen molar-refractivity contribution in [3.63, 3.8) is 0 Å². The lowest BCUT2D eigenvalue weighted by Gasteiger charge is -2.24. The van der Waals surface area contributed by atoms with E-state index in [2.05, 4.69) is 35.1 Å². The standard InChI is InChI=1S/C22H19N5S/c1-14-7-9-18(27(22(24)28)17-5-3-2-4-6-17)12-19(14)15-8-10-20-16(11-15)13-25-21(23)26-20/h2-13H,1H3,(H2,24,28)(H2,23,25,26). The monoisotopic (exact) mass is 385 g/mol. The minimum atomic E-state index is 0.272. The third-order valence-electron chi connectivity index (χ3n) is 4.62. The topological polar surface area (TPSA) is 81.1 Å². The molecule has 0 fully saturated rings. The molecule has 0 spiro atoms. The molecule has 0 bridgehead atoms. The fraction of sp³-hybridized carbons (Fsp3) is 0.0455. The number of nitrogens with zero attached hydrogens (tertiary/aromatic N) is 3. The Bertz CT molecular complexity index is 1170. The molecule has 1 heterocycles. The number of benzene rings is 3. The van der Waals surface area contributed by atoms with E-state index < -0.39 is 0 Å². The van der Waals surface area contributed by atoms with Gasteiger partial charge in [0.2, 0.25) is 5.95 Å². The van der Waals surface area contributed by atoms with Gasteiger partial charge >= 0.3 is 0 Å². The van der Waals surface area contributed by atoms with Gasteiger partial charge in [-0.3, -0.25) is 4.90 Å². The highest BCUT2D eigenvalue weighted by Crippen LogP contribution is 2.33. The van der Waals surface area contributed by atoms with Crippen LogP contribution in [0.5, 0.6) is 0 Å². The second-order valence-electron chi connectivity index (χ2n) is 6.51. The molecule has 1 aromatic heterocycles. The Balaban J connectivity index is 1.83. The molecule has 4 aromatic rings. The first-order valence-electron chi connectivity index (χ1n) is 8.81.